The summed E-state index contributed by atoms with van der Waals surface area (Å²) in [5, 5.41) is 11.2. The molecule has 2 heterocycles. The van der Waals surface area contributed by atoms with E-state index in [1.165, 1.54) is 11.8 Å². The first-order chi connectivity index (χ1) is 11.3. The highest BCUT2D eigenvalue weighted by atomic mass is 32.2. The van der Waals surface area contributed by atoms with Gasteiger partial charge in [0.25, 0.3) is 0 Å². The fourth-order valence-corrected chi connectivity index (χ4v) is 4.99. The van der Waals surface area contributed by atoms with Gasteiger partial charge in [-0.25, -0.2) is 9.59 Å². The van der Waals surface area contributed by atoms with Gasteiger partial charge in [-0.3, -0.25) is 4.84 Å². The summed E-state index contributed by atoms with van der Waals surface area (Å²) in [6.45, 7) is 3.00. The monoisotopic (exact) mass is 351 g/mol. The second kappa shape index (κ2) is 5.78. The Morgan fingerprint density at radius 1 is 1.33 bits per heavy atom. The molecule has 3 atom stereocenters. The lowest BCUT2D eigenvalue weighted by molar-refractivity contribution is -1.06. The summed E-state index contributed by atoms with van der Waals surface area (Å²) in [7, 11) is 0. The van der Waals surface area contributed by atoms with Gasteiger partial charge in [0.15, 0.2) is 18.0 Å². The maximum absolute atomic E-state index is 12.2. The number of hydrogen-bond acceptors (Lipinski definition) is 7. The molecule has 7 nitrogen and oxygen atoms in total. The van der Waals surface area contributed by atoms with Gasteiger partial charge < -0.3 is 14.6 Å². The third kappa shape index (κ3) is 2.55. The molecular weight excluding hydrogens is 334 g/mol. The molecule has 2 aliphatic rings. The van der Waals surface area contributed by atoms with Crippen LogP contribution in [-0.2, 0) is 19.2 Å². The molecule has 2 aliphatic heterocycles. The van der Waals surface area contributed by atoms with Crippen molar-refractivity contribution < 1.29 is 33.7 Å². The molecule has 2 saturated heterocycles. The number of carboxylic acids is 1. The van der Waals surface area contributed by atoms with E-state index < -0.39 is 45.3 Å². The van der Waals surface area contributed by atoms with Crippen LogP contribution in [0.3, 0.4) is 0 Å². The van der Waals surface area contributed by atoms with Crippen LogP contribution in [0.1, 0.15) is 20.3 Å². The molecule has 128 valence electrons. The Morgan fingerprint density at radius 2 is 2.00 bits per heavy atom. The van der Waals surface area contributed by atoms with E-state index in [4.69, 9.17) is 9.57 Å². The first-order valence-corrected chi connectivity index (χ1v) is 8.36. The minimum Gasteiger partial charge on any atom is -0.544 e. The molecule has 0 aliphatic carbocycles. The highest BCUT2D eigenvalue weighted by Gasteiger charge is 2.75. The molecule has 1 unspecified atom stereocenters. The van der Waals surface area contributed by atoms with Crippen molar-refractivity contribution in [1.82, 2.24) is 0 Å². The van der Waals surface area contributed by atoms with Crippen molar-refractivity contribution >= 4 is 29.6 Å². The third-order valence-corrected chi connectivity index (χ3v) is 5.81. The first-order valence-electron chi connectivity index (χ1n) is 7.48. The van der Waals surface area contributed by atoms with E-state index in [1.54, 1.807) is 44.2 Å². The molecular formula is C16H17NO6S. The Hall–Kier alpha value is -2.06. The van der Waals surface area contributed by atoms with E-state index in [0.717, 1.165) is 0 Å². The zero-order valence-electron chi connectivity index (χ0n) is 13.3. The highest BCUT2D eigenvalue weighted by molar-refractivity contribution is 8.01. The minimum atomic E-state index is -1.40. The zero-order chi connectivity index (χ0) is 17.5. The normalized spacial score (nSPS) is 30.2. The number of nitrogens with zero attached hydrogens (tertiary/aromatic N) is 1. The number of quaternary nitrogens is 1. The number of thioether (sulfide) groups is 1. The molecule has 3 rings (SSSR count). The van der Waals surface area contributed by atoms with Crippen LogP contribution < -0.4 is 9.84 Å². The van der Waals surface area contributed by atoms with Gasteiger partial charge in [-0.05, 0) is 26.0 Å². The molecule has 1 aromatic rings. The molecule has 0 aromatic heterocycles. The van der Waals surface area contributed by atoms with Crippen LogP contribution in [0.25, 0.3) is 0 Å². The average molecular weight is 351 g/mol. The number of rotatable bonds is 5. The Morgan fingerprint density at radius 3 is 2.58 bits per heavy atom. The second-order valence-electron chi connectivity index (χ2n) is 6.27. The van der Waals surface area contributed by atoms with Gasteiger partial charge >= 0.3 is 11.9 Å². The van der Waals surface area contributed by atoms with E-state index in [2.05, 4.69) is 0 Å². The van der Waals surface area contributed by atoms with Crippen molar-refractivity contribution in [1.29, 1.82) is 0 Å². The summed E-state index contributed by atoms with van der Waals surface area (Å²) in [5.74, 6) is -2.14. The number of aliphatic carboxylic acids is 1. The molecule has 0 bridgehead atoms. The van der Waals surface area contributed by atoms with Gasteiger partial charge in [0, 0.05) is 0 Å². The number of fused-ring (bicyclic) bond motifs is 1. The lowest BCUT2D eigenvalue weighted by atomic mass is 9.97. The van der Waals surface area contributed by atoms with Gasteiger partial charge in [-0.15, -0.1) is 0 Å². The van der Waals surface area contributed by atoms with Crippen molar-refractivity contribution in [3.05, 3.63) is 30.3 Å². The number of carbonyl (C=O) groups excluding carboxylic acids is 3. The number of carboxylic acid groups (broad SMARTS) is 1. The second-order valence-corrected chi connectivity index (χ2v) is 8.10. The number of β-lactam (4-membered cyclic amide) rings is 1. The number of hydrogen-bond donors (Lipinski definition) is 0. The number of amides is 1. The molecule has 0 radical (unpaired) electrons. The maximum atomic E-state index is 12.2. The molecule has 24 heavy (non-hydrogen) atoms. The molecule has 2 fully saturated rings. The molecule has 1 amide bonds. The maximum Gasteiger partial charge on any atom is 0.404 e. The topological polar surface area (TPSA) is 92.7 Å². The molecule has 8 heteroatoms. The van der Waals surface area contributed by atoms with E-state index in [0.29, 0.717) is 5.75 Å². The molecule has 0 saturated carbocycles. The number of ether oxygens (including phenoxy) is 1. The fraction of sp³-hybridized carbons (Fsp3) is 0.438. The Kier molecular flexibility index (Phi) is 4.05. The van der Waals surface area contributed by atoms with Crippen LogP contribution in [0, 0.1) is 0 Å². The predicted molar refractivity (Wildman–Crippen MR) is 82.2 cm³/mol. The van der Waals surface area contributed by atoms with Crippen LogP contribution >= 0.6 is 11.8 Å². The van der Waals surface area contributed by atoms with Crippen molar-refractivity contribution in [2.45, 2.75) is 36.4 Å². The standard InChI is InChI=1S/C16H17NO6S/c1-16(2)14(15(20)21)17(11(18)8-12(17)24-16)23-13(19)9-22-10-6-4-3-5-7-10/h3-7,12,14H,8-9H2,1-2H3/t12-,14+,17?/m1/s1. The lowest BCUT2D eigenvalue weighted by Crippen LogP contribution is -2.74. The Balaban J connectivity index is 1.75. The first kappa shape index (κ1) is 16.8. The van der Waals surface area contributed by atoms with Gasteiger partial charge in [0.2, 0.25) is 0 Å². The lowest BCUT2D eigenvalue weighted by Gasteiger charge is -2.44. The molecule has 0 spiro atoms. The quantitative estimate of drug-likeness (QED) is 0.554. The van der Waals surface area contributed by atoms with E-state index >= 15 is 0 Å². The smallest absolute Gasteiger partial charge is 0.404 e. The van der Waals surface area contributed by atoms with Crippen molar-refractivity contribution in [3.8, 4) is 5.75 Å². The van der Waals surface area contributed by atoms with Crippen LogP contribution in [0.4, 0.5) is 0 Å². The Bertz CT molecular complexity index is 691. The van der Waals surface area contributed by atoms with Crippen LogP contribution in [-0.4, -0.2) is 45.3 Å². The summed E-state index contributed by atoms with van der Waals surface area (Å²) in [4.78, 5) is 41.3. The van der Waals surface area contributed by atoms with Crippen LogP contribution in [0.5, 0.6) is 5.75 Å². The zero-order valence-corrected chi connectivity index (χ0v) is 14.1. The summed E-state index contributed by atoms with van der Waals surface area (Å²) in [5.41, 5.74) is 0. The van der Waals surface area contributed by atoms with Gasteiger partial charge in [-0.2, -0.15) is 0 Å². The molecule has 1 aromatic carbocycles. The van der Waals surface area contributed by atoms with Gasteiger partial charge in [0.05, 0.1) is 4.75 Å². The summed E-state index contributed by atoms with van der Waals surface area (Å²) >= 11 is 1.33. The minimum absolute atomic E-state index is 0.171. The van der Waals surface area contributed by atoms with E-state index in [-0.39, 0.29) is 6.42 Å². The van der Waals surface area contributed by atoms with Gasteiger partial charge in [-0.1, -0.05) is 34.6 Å². The number of hydroxylamine groups is 3. The third-order valence-electron chi connectivity index (χ3n) is 4.22. The summed E-state index contributed by atoms with van der Waals surface area (Å²) in [6.07, 6.45) is 0.171. The van der Waals surface area contributed by atoms with Crippen molar-refractivity contribution in [3.63, 3.8) is 0 Å². The van der Waals surface area contributed by atoms with Crippen molar-refractivity contribution in [2.75, 3.05) is 6.61 Å². The highest BCUT2D eigenvalue weighted by Crippen LogP contribution is 2.56. The van der Waals surface area contributed by atoms with Crippen LogP contribution in [0.2, 0.25) is 0 Å². The van der Waals surface area contributed by atoms with Crippen molar-refractivity contribution in [2.24, 2.45) is 0 Å². The summed E-state index contributed by atoms with van der Waals surface area (Å²) in [6, 6.07) is 7.43. The predicted octanol–water partition coefficient (Wildman–Crippen LogP) is 0.241. The fourth-order valence-electron chi connectivity index (χ4n) is 3.24. The number of para-hydroxylation sites is 1. The van der Waals surface area contributed by atoms with E-state index in [9.17, 15) is 19.5 Å². The average Bonchev–Trinajstić information content (AvgIpc) is 2.70. The van der Waals surface area contributed by atoms with E-state index in [1.807, 2.05) is 0 Å². The summed E-state index contributed by atoms with van der Waals surface area (Å²) < 4.78 is 3.68. The Labute approximate surface area is 143 Å². The number of benzene rings is 1. The largest absolute Gasteiger partial charge is 0.544 e. The van der Waals surface area contributed by atoms with Crippen LogP contribution in [0.15, 0.2) is 30.3 Å². The SMILES string of the molecule is CC1(C)S[C@@H]2CC(=O)[N+]2(OC(=O)COc2ccccc2)[C@H]1C(=O)[O-]. The number of carbonyl (C=O) groups is 3. The van der Waals surface area contributed by atoms with Gasteiger partial charge in [0.1, 0.15) is 18.1 Å². The molecule has 0 N–H and O–H groups in total.